The second-order valence-electron chi connectivity index (χ2n) is 2.41. The maximum Gasteiger partial charge on any atom is 0.257 e. The first kappa shape index (κ1) is 12.8. The molecule has 1 rings (SSSR count). The van der Waals surface area contributed by atoms with Crippen molar-refractivity contribution in [2.75, 3.05) is 0 Å². The van der Waals surface area contributed by atoms with E-state index in [9.17, 15) is 8.78 Å². The van der Waals surface area contributed by atoms with Gasteiger partial charge in [0.15, 0.2) is 0 Å². The molecule has 1 nitrogen and oxygen atoms in total. The second-order valence-corrected chi connectivity index (χ2v) is 3.33. The quantitative estimate of drug-likeness (QED) is 0.879. The Hall–Kier alpha value is -0.190. The number of alkyl halides is 2. The average Bonchev–Trinajstić information content (AvgIpc) is 2.04. The minimum absolute atomic E-state index is 0. The van der Waals surface area contributed by atoms with Crippen LogP contribution in [0.5, 0.6) is 0 Å². The molecule has 13 heavy (non-hydrogen) atoms. The third-order valence-corrected chi connectivity index (χ3v) is 2.06. The number of nitrogens with two attached hydrogens (primary N) is 1. The third-order valence-electron chi connectivity index (χ3n) is 1.53. The first-order valence-corrected chi connectivity index (χ1v) is 4.20. The number of hydrogen-bond donors (Lipinski definition) is 1. The molecule has 0 saturated carbocycles. The standard InChI is InChI=1S/C8H8BrF2N.ClH/c9-6-3-1-5(2-4-6)7(12)8(10)11;/h1-4,7-8H,12H2;1H/t7-;/m1./s1. The van der Waals surface area contributed by atoms with E-state index < -0.39 is 12.5 Å². The van der Waals surface area contributed by atoms with Crippen molar-refractivity contribution in [3.05, 3.63) is 34.3 Å². The molecule has 0 aliphatic heterocycles. The van der Waals surface area contributed by atoms with Gasteiger partial charge in [0.25, 0.3) is 6.43 Å². The van der Waals surface area contributed by atoms with Crippen LogP contribution in [0.3, 0.4) is 0 Å². The van der Waals surface area contributed by atoms with E-state index in [0.717, 1.165) is 4.47 Å². The minimum Gasteiger partial charge on any atom is -0.319 e. The minimum atomic E-state index is -2.51. The molecular weight excluding hydrogens is 263 g/mol. The molecule has 0 aliphatic rings. The maximum atomic E-state index is 12.1. The Morgan fingerprint density at radius 1 is 1.15 bits per heavy atom. The molecular formula is C8H9BrClF2N. The van der Waals surface area contributed by atoms with Crippen LogP contribution in [0, 0.1) is 0 Å². The molecule has 0 aliphatic carbocycles. The lowest BCUT2D eigenvalue weighted by molar-refractivity contribution is 0.116. The van der Waals surface area contributed by atoms with E-state index in [0.29, 0.717) is 5.56 Å². The molecule has 2 N–H and O–H groups in total. The van der Waals surface area contributed by atoms with Gasteiger partial charge < -0.3 is 5.73 Å². The summed E-state index contributed by atoms with van der Waals surface area (Å²) in [6.07, 6.45) is -2.51. The molecule has 1 aromatic carbocycles. The summed E-state index contributed by atoms with van der Waals surface area (Å²) in [5, 5.41) is 0. The van der Waals surface area contributed by atoms with Crippen LogP contribution in [0.1, 0.15) is 11.6 Å². The van der Waals surface area contributed by atoms with Crippen LogP contribution >= 0.6 is 28.3 Å². The summed E-state index contributed by atoms with van der Waals surface area (Å²) in [6.45, 7) is 0. The summed E-state index contributed by atoms with van der Waals surface area (Å²) < 4.78 is 25.0. The molecule has 0 spiro atoms. The Kier molecular flexibility index (Phi) is 5.44. The summed E-state index contributed by atoms with van der Waals surface area (Å²) in [7, 11) is 0. The van der Waals surface area contributed by atoms with Crippen molar-refractivity contribution in [2.24, 2.45) is 5.73 Å². The van der Waals surface area contributed by atoms with Crippen molar-refractivity contribution in [2.45, 2.75) is 12.5 Å². The van der Waals surface area contributed by atoms with Crippen LogP contribution in [0.15, 0.2) is 28.7 Å². The molecule has 0 bridgehead atoms. The monoisotopic (exact) mass is 271 g/mol. The van der Waals surface area contributed by atoms with Gasteiger partial charge in [-0.3, -0.25) is 0 Å². The lowest BCUT2D eigenvalue weighted by Gasteiger charge is -2.09. The van der Waals surface area contributed by atoms with Crippen LogP contribution < -0.4 is 5.73 Å². The first-order valence-electron chi connectivity index (χ1n) is 3.40. The average molecular weight is 273 g/mol. The summed E-state index contributed by atoms with van der Waals surface area (Å²) in [5.41, 5.74) is 5.67. The van der Waals surface area contributed by atoms with Gasteiger partial charge in [-0.25, -0.2) is 8.78 Å². The van der Waals surface area contributed by atoms with Crippen molar-refractivity contribution < 1.29 is 8.78 Å². The molecule has 0 fully saturated rings. The second kappa shape index (κ2) is 5.52. The van der Waals surface area contributed by atoms with Gasteiger partial charge in [0.05, 0.1) is 6.04 Å². The Balaban J connectivity index is 0.00000144. The van der Waals surface area contributed by atoms with Gasteiger partial charge >= 0.3 is 0 Å². The molecule has 0 unspecified atom stereocenters. The van der Waals surface area contributed by atoms with Crippen LogP contribution in [0.2, 0.25) is 0 Å². The highest BCUT2D eigenvalue weighted by Gasteiger charge is 2.16. The van der Waals surface area contributed by atoms with Crippen LogP contribution in [-0.4, -0.2) is 6.43 Å². The normalized spacial score (nSPS) is 12.4. The zero-order valence-electron chi connectivity index (χ0n) is 6.58. The smallest absolute Gasteiger partial charge is 0.257 e. The summed E-state index contributed by atoms with van der Waals surface area (Å²) in [4.78, 5) is 0. The molecule has 0 radical (unpaired) electrons. The summed E-state index contributed by atoms with van der Waals surface area (Å²) in [6, 6.07) is 5.37. The zero-order valence-corrected chi connectivity index (χ0v) is 8.99. The highest BCUT2D eigenvalue weighted by atomic mass is 79.9. The fourth-order valence-electron chi connectivity index (χ4n) is 0.830. The Labute approximate surface area is 89.9 Å². The summed E-state index contributed by atoms with van der Waals surface area (Å²) >= 11 is 3.20. The largest absolute Gasteiger partial charge is 0.319 e. The van der Waals surface area contributed by atoms with E-state index >= 15 is 0 Å². The van der Waals surface area contributed by atoms with E-state index in [2.05, 4.69) is 15.9 Å². The topological polar surface area (TPSA) is 26.0 Å². The lowest BCUT2D eigenvalue weighted by Crippen LogP contribution is -2.18. The first-order chi connectivity index (χ1) is 5.61. The number of hydrogen-bond acceptors (Lipinski definition) is 1. The third kappa shape index (κ3) is 3.58. The van der Waals surface area contributed by atoms with E-state index in [4.69, 9.17) is 5.73 Å². The number of rotatable bonds is 2. The Bertz CT molecular complexity index is 253. The van der Waals surface area contributed by atoms with Gasteiger partial charge in [-0.15, -0.1) is 12.4 Å². The predicted molar refractivity (Wildman–Crippen MR) is 54.3 cm³/mol. The van der Waals surface area contributed by atoms with Crippen molar-refractivity contribution in [3.63, 3.8) is 0 Å². The van der Waals surface area contributed by atoms with Crippen LogP contribution in [-0.2, 0) is 0 Å². The SMILES string of the molecule is Cl.N[C@H](c1ccc(Br)cc1)C(F)F. The van der Waals surface area contributed by atoms with Crippen molar-refractivity contribution >= 4 is 28.3 Å². The molecule has 0 heterocycles. The van der Waals surface area contributed by atoms with Crippen molar-refractivity contribution in [1.29, 1.82) is 0 Å². The van der Waals surface area contributed by atoms with E-state index in [1.807, 2.05) is 0 Å². The van der Waals surface area contributed by atoms with Crippen LogP contribution in [0.25, 0.3) is 0 Å². The molecule has 0 amide bonds. The molecule has 1 atom stereocenters. The van der Waals surface area contributed by atoms with E-state index in [1.165, 1.54) is 0 Å². The number of benzene rings is 1. The number of halogens is 4. The highest BCUT2D eigenvalue weighted by molar-refractivity contribution is 9.10. The molecule has 1 aromatic rings. The Morgan fingerprint density at radius 2 is 1.62 bits per heavy atom. The Morgan fingerprint density at radius 3 is 2.00 bits per heavy atom. The fourth-order valence-corrected chi connectivity index (χ4v) is 1.09. The molecule has 5 heteroatoms. The van der Waals surface area contributed by atoms with Crippen LogP contribution in [0.4, 0.5) is 8.78 Å². The fraction of sp³-hybridized carbons (Fsp3) is 0.250. The summed E-state index contributed by atoms with van der Waals surface area (Å²) in [5.74, 6) is 0. The van der Waals surface area contributed by atoms with Gasteiger partial charge in [0, 0.05) is 4.47 Å². The van der Waals surface area contributed by atoms with E-state index in [1.54, 1.807) is 24.3 Å². The van der Waals surface area contributed by atoms with Gasteiger partial charge in [-0.05, 0) is 17.7 Å². The van der Waals surface area contributed by atoms with Crippen molar-refractivity contribution in [1.82, 2.24) is 0 Å². The predicted octanol–water partition coefficient (Wildman–Crippen LogP) is 3.14. The zero-order chi connectivity index (χ0) is 9.14. The molecule has 74 valence electrons. The van der Waals surface area contributed by atoms with Gasteiger partial charge in [-0.1, -0.05) is 28.1 Å². The van der Waals surface area contributed by atoms with Gasteiger partial charge in [0.2, 0.25) is 0 Å². The van der Waals surface area contributed by atoms with Gasteiger partial charge in [-0.2, -0.15) is 0 Å². The van der Waals surface area contributed by atoms with Crippen molar-refractivity contribution in [3.8, 4) is 0 Å². The lowest BCUT2D eigenvalue weighted by atomic mass is 10.1. The highest BCUT2D eigenvalue weighted by Crippen LogP contribution is 2.19. The van der Waals surface area contributed by atoms with Gasteiger partial charge in [0.1, 0.15) is 0 Å². The maximum absolute atomic E-state index is 12.1. The van der Waals surface area contributed by atoms with E-state index in [-0.39, 0.29) is 12.4 Å². The molecule has 0 aromatic heterocycles. The molecule has 0 saturated heterocycles.